The molecule has 0 fully saturated rings. The van der Waals surface area contributed by atoms with Crippen LogP contribution in [0.3, 0.4) is 0 Å². The highest BCUT2D eigenvalue weighted by atomic mass is 35.5. The molecule has 1 N–H and O–H groups in total. The van der Waals surface area contributed by atoms with Crippen molar-refractivity contribution in [3.63, 3.8) is 0 Å². The molecule has 180 valence electrons. The quantitative estimate of drug-likeness (QED) is 0.229. The summed E-state index contributed by atoms with van der Waals surface area (Å²) in [6.45, 7) is 1.83. The van der Waals surface area contributed by atoms with Crippen molar-refractivity contribution in [1.82, 2.24) is 15.0 Å². The van der Waals surface area contributed by atoms with Crippen LogP contribution in [-0.4, -0.2) is 32.9 Å². The van der Waals surface area contributed by atoms with E-state index in [1.165, 1.54) is 30.1 Å². The summed E-state index contributed by atoms with van der Waals surface area (Å²) in [6, 6.07) is 17.9. The van der Waals surface area contributed by atoms with Crippen molar-refractivity contribution in [3.8, 4) is 22.8 Å². The molecular formula is C25H18ClN5O5. The van der Waals surface area contributed by atoms with Crippen LogP contribution in [-0.2, 0) is 0 Å². The first-order chi connectivity index (χ1) is 17.3. The third-order valence-corrected chi connectivity index (χ3v) is 5.83. The van der Waals surface area contributed by atoms with Gasteiger partial charge in [-0.15, -0.1) is 10.2 Å². The molecule has 11 heteroatoms. The third kappa shape index (κ3) is 4.25. The van der Waals surface area contributed by atoms with Crippen LogP contribution in [0.5, 0.6) is 5.75 Å². The number of methoxy groups -OCH3 is 1. The molecule has 0 aliphatic heterocycles. The minimum absolute atomic E-state index is 0.0131. The van der Waals surface area contributed by atoms with Crippen molar-refractivity contribution in [3.05, 3.63) is 93.2 Å². The molecule has 2 aromatic heterocycles. The molecule has 0 spiro atoms. The van der Waals surface area contributed by atoms with Gasteiger partial charge in [-0.25, -0.2) is 0 Å². The van der Waals surface area contributed by atoms with Gasteiger partial charge in [0.05, 0.1) is 28.3 Å². The number of carbonyl (C=O) groups excluding carboxylic acids is 1. The van der Waals surface area contributed by atoms with E-state index in [0.29, 0.717) is 33.2 Å². The zero-order chi connectivity index (χ0) is 25.4. The molecule has 0 aliphatic carbocycles. The number of carbonyl (C=O) groups is 1. The lowest BCUT2D eigenvalue weighted by atomic mass is 10.1. The molecule has 0 unspecified atom stereocenters. The largest absolute Gasteiger partial charge is 0.495 e. The highest BCUT2D eigenvalue weighted by molar-refractivity contribution is 6.32. The molecule has 5 rings (SSSR count). The molecule has 0 saturated heterocycles. The maximum atomic E-state index is 12.9. The van der Waals surface area contributed by atoms with Gasteiger partial charge in [-0.1, -0.05) is 23.7 Å². The highest BCUT2D eigenvalue weighted by Gasteiger charge is 2.20. The standard InChI is InChI=1S/C25H18ClN5O5/c1-14-11-19-20(29-30(28-19)15-7-8-23(35-2)17(26)12-15)13-18(14)27-25(32)24-10-9-22(36-24)16-5-3-4-6-21(16)31(33)34/h3-13H,1-2H3,(H,27,32). The summed E-state index contributed by atoms with van der Waals surface area (Å²) in [6.07, 6.45) is 0. The Balaban J connectivity index is 1.41. The summed E-state index contributed by atoms with van der Waals surface area (Å²) >= 11 is 6.23. The van der Waals surface area contributed by atoms with Crippen LogP contribution in [0.15, 0.2) is 71.1 Å². The number of aromatic nitrogens is 3. The SMILES string of the molecule is COc1ccc(-n2nc3cc(C)c(NC(=O)c4ccc(-c5ccccc5[N+](=O)[O-])o4)cc3n2)cc1Cl. The van der Waals surface area contributed by atoms with Crippen LogP contribution in [0.25, 0.3) is 28.0 Å². The van der Waals surface area contributed by atoms with Gasteiger partial charge in [-0.3, -0.25) is 14.9 Å². The van der Waals surface area contributed by atoms with Crippen molar-refractivity contribution in [2.75, 3.05) is 12.4 Å². The van der Waals surface area contributed by atoms with Crippen molar-refractivity contribution in [1.29, 1.82) is 0 Å². The fraction of sp³-hybridized carbons (Fsp3) is 0.0800. The molecule has 3 aromatic carbocycles. The number of furan rings is 1. The summed E-state index contributed by atoms with van der Waals surface area (Å²) in [5, 5.41) is 23.6. The second-order valence-corrected chi connectivity index (χ2v) is 8.26. The maximum Gasteiger partial charge on any atom is 0.291 e. The topological polar surface area (TPSA) is 125 Å². The van der Waals surface area contributed by atoms with E-state index < -0.39 is 10.8 Å². The van der Waals surface area contributed by atoms with Gasteiger partial charge >= 0.3 is 0 Å². The molecule has 0 bridgehead atoms. The maximum absolute atomic E-state index is 12.9. The minimum Gasteiger partial charge on any atom is -0.495 e. The molecule has 0 saturated carbocycles. The predicted octanol–water partition coefficient (Wildman–Crippen LogP) is 5.81. The van der Waals surface area contributed by atoms with E-state index in [4.69, 9.17) is 20.8 Å². The Kier molecular flexibility index (Phi) is 5.87. The van der Waals surface area contributed by atoms with Crippen molar-refractivity contribution >= 4 is 39.9 Å². The van der Waals surface area contributed by atoms with Crippen molar-refractivity contribution in [2.24, 2.45) is 0 Å². The minimum atomic E-state index is -0.503. The van der Waals surface area contributed by atoms with E-state index in [1.807, 2.05) is 6.92 Å². The first-order valence-corrected chi connectivity index (χ1v) is 11.1. The van der Waals surface area contributed by atoms with Gasteiger partial charge in [-0.05, 0) is 61.0 Å². The molecule has 0 atom stereocenters. The number of rotatable bonds is 6. The van der Waals surface area contributed by atoms with Gasteiger partial charge in [0.1, 0.15) is 22.5 Å². The van der Waals surface area contributed by atoms with Gasteiger partial charge in [0, 0.05) is 11.8 Å². The number of nitrogens with zero attached hydrogens (tertiary/aromatic N) is 4. The number of nitro groups is 1. The van der Waals surface area contributed by atoms with Crippen molar-refractivity contribution < 1.29 is 18.9 Å². The number of nitrogens with one attached hydrogen (secondary N) is 1. The average Bonchev–Trinajstić information content (AvgIpc) is 3.51. The Hall–Kier alpha value is -4.70. The number of benzene rings is 3. The second kappa shape index (κ2) is 9.16. The van der Waals surface area contributed by atoms with E-state index >= 15 is 0 Å². The number of anilines is 1. The van der Waals surface area contributed by atoms with E-state index in [-0.39, 0.29) is 22.8 Å². The van der Waals surface area contributed by atoms with Crippen molar-refractivity contribution in [2.45, 2.75) is 6.92 Å². The monoisotopic (exact) mass is 503 g/mol. The van der Waals surface area contributed by atoms with E-state index in [0.717, 1.165) is 5.56 Å². The molecule has 5 aromatic rings. The zero-order valence-electron chi connectivity index (χ0n) is 19.1. The van der Waals surface area contributed by atoms with E-state index in [2.05, 4.69) is 15.5 Å². The molecule has 1 amide bonds. The highest BCUT2D eigenvalue weighted by Crippen LogP contribution is 2.32. The number of hydrogen-bond acceptors (Lipinski definition) is 7. The van der Waals surface area contributed by atoms with Crippen LogP contribution in [0.1, 0.15) is 16.1 Å². The van der Waals surface area contributed by atoms with E-state index in [9.17, 15) is 14.9 Å². The smallest absolute Gasteiger partial charge is 0.291 e. The molecule has 2 heterocycles. The molecule has 0 radical (unpaired) electrons. The van der Waals surface area contributed by atoms with Crippen LogP contribution < -0.4 is 10.1 Å². The molecular weight excluding hydrogens is 486 g/mol. The van der Waals surface area contributed by atoms with Crippen LogP contribution in [0.4, 0.5) is 11.4 Å². The Morgan fingerprint density at radius 1 is 1.08 bits per heavy atom. The summed E-state index contributed by atoms with van der Waals surface area (Å²) in [7, 11) is 1.54. The number of amides is 1. The Morgan fingerprint density at radius 3 is 2.56 bits per heavy atom. The second-order valence-electron chi connectivity index (χ2n) is 7.86. The number of hydrogen-bond donors (Lipinski definition) is 1. The fourth-order valence-electron chi connectivity index (χ4n) is 3.73. The number of para-hydroxylation sites is 1. The Bertz CT molecular complexity index is 1640. The number of halogens is 1. The lowest BCUT2D eigenvalue weighted by molar-refractivity contribution is -0.384. The molecule has 10 nitrogen and oxygen atoms in total. The Morgan fingerprint density at radius 2 is 1.83 bits per heavy atom. The fourth-order valence-corrected chi connectivity index (χ4v) is 3.98. The first kappa shape index (κ1) is 23.1. The van der Waals surface area contributed by atoms with Crippen LogP contribution in [0, 0.1) is 17.0 Å². The number of fused-ring (bicyclic) bond motifs is 1. The molecule has 0 aliphatic rings. The summed E-state index contributed by atoms with van der Waals surface area (Å²) < 4.78 is 10.8. The van der Waals surface area contributed by atoms with Crippen LogP contribution in [0.2, 0.25) is 5.02 Å². The normalized spacial score (nSPS) is 11.0. The number of ether oxygens (including phenoxy) is 1. The lowest BCUT2D eigenvalue weighted by Gasteiger charge is -2.06. The number of aryl methyl sites for hydroxylation is 1. The average molecular weight is 504 g/mol. The number of nitro benzene ring substituents is 1. The summed E-state index contributed by atoms with van der Waals surface area (Å²) in [5.41, 5.74) is 3.31. The van der Waals surface area contributed by atoms with Gasteiger partial charge < -0.3 is 14.5 Å². The summed E-state index contributed by atoms with van der Waals surface area (Å²) in [5.74, 6) is 0.275. The zero-order valence-corrected chi connectivity index (χ0v) is 19.8. The third-order valence-electron chi connectivity index (χ3n) is 5.54. The van der Waals surface area contributed by atoms with Gasteiger partial charge in [0.2, 0.25) is 0 Å². The summed E-state index contributed by atoms with van der Waals surface area (Å²) in [4.78, 5) is 25.2. The van der Waals surface area contributed by atoms with Gasteiger partial charge in [0.25, 0.3) is 11.6 Å². The molecule has 36 heavy (non-hydrogen) atoms. The lowest BCUT2D eigenvalue weighted by Crippen LogP contribution is -2.11. The van der Waals surface area contributed by atoms with E-state index in [1.54, 1.807) is 48.5 Å². The Labute approximate surface area is 209 Å². The van der Waals surface area contributed by atoms with Gasteiger partial charge in [-0.2, -0.15) is 4.80 Å². The van der Waals surface area contributed by atoms with Gasteiger partial charge in [0.15, 0.2) is 5.76 Å². The van der Waals surface area contributed by atoms with Crippen LogP contribution >= 0.6 is 11.6 Å². The first-order valence-electron chi connectivity index (χ1n) is 10.7. The predicted molar refractivity (Wildman–Crippen MR) is 134 cm³/mol.